The van der Waals surface area contributed by atoms with Gasteiger partial charge in [-0.15, -0.1) is 11.6 Å². The lowest BCUT2D eigenvalue weighted by Crippen LogP contribution is -1.93. The molecule has 0 radical (unpaired) electrons. The molecule has 1 aromatic rings. The molecule has 2 N–H and O–H groups in total. The summed E-state index contributed by atoms with van der Waals surface area (Å²) >= 11 is 11.1. The fraction of sp³-hybridized carbons (Fsp3) is 0.222. The van der Waals surface area contributed by atoms with E-state index in [0.29, 0.717) is 28.8 Å². The lowest BCUT2D eigenvalue weighted by molar-refractivity contribution is 1.26. The Hall–Kier alpha value is -0.910. The van der Waals surface area contributed by atoms with Crippen molar-refractivity contribution in [2.24, 2.45) is 0 Å². The van der Waals surface area contributed by atoms with Crippen molar-refractivity contribution in [3.63, 3.8) is 0 Å². The Morgan fingerprint density at radius 1 is 1.46 bits per heavy atom. The van der Waals surface area contributed by atoms with Crippen LogP contribution in [0.1, 0.15) is 12.1 Å². The number of hydrogen-bond donors (Lipinski definition) is 1. The highest BCUT2D eigenvalue weighted by Gasteiger charge is 1.97. The van der Waals surface area contributed by atoms with Crippen LogP contribution in [0.2, 0.25) is 5.15 Å². The molecule has 0 bridgehead atoms. The number of nitrogens with zero attached hydrogens (tertiary/aromatic N) is 1. The monoisotopic (exact) mass is 214 g/mol. The zero-order chi connectivity index (χ0) is 9.68. The van der Waals surface area contributed by atoms with Crippen molar-refractivity contribution < 1.29 is 0 Å². The predicted octanol–water partition coefficient (Wildman–Crippen LogP) is 2.30. The molecular formula is C9H8Cl2N2. The van der Waals surface area contributed by atoms with Crippen LogP contribution in [0.5, 0.6) is 0 Å². The summed E-state index contributed by atoms with van der Waals surface area (Å²) in [6, 6.07) is 3.31. The number of alkyl halides is 1. The van der Waals surface area contributed by atoms with Crippen LogP contribution in [0.25, 0.3) is 0 Å². The molecule has 0 aliphatic heterocycles. The van der Waals surface area contributed by atoms with Crippen LogP contribution in [0.15, 0.2) is 12.1 Å². The molecule has 1 heterocycles. The minimum atomic E-state index is 0.393. The van der Waals surface area contributed by atoms with E-state index in [2.05, 4.69) is 16.8 Å². The number of nitrogens with two attached hydrogens (primary N) is 1. The van der Waals surface area contributed by atoms with Crippen molar-refractivity contribution in [3.05, 3.63) is 23.0 Å². The van der Waals surface area contributed by atoms with Crippen molar-refractivity contribution in [3.8, 4) is 11.8 Å². The third-order valence-corrected chi connectivity index (χ3v) is 1.72. The van der Waals surface area contributed by atoms with Gasteiger partial charge >= 0.3 is 0 Å². The van der Waals surface area contributed by atoms with Crippen LogP contribution in [0.4, 0.5) is 5.69 Å². The van der Waals surface area contributed by atoms with E-state index in [9.17, 15) is 0 Å². The smallest absolute Gasteiger partial charge is 0.137 e. The molecule has 13 heavy (non-hydrogen) atoms. The Balaban J connectivity index is 2.89. The molecule has 0 aromatic carbocycles. The third-order valence-electron chi connectivity index (χ3n) is 1.32. The molecule has 1 rings (SSSR count). The van der Waals surface area contributed by atoms with Crippen LogP contribution in [-0.2, 0) is 0 Å². The third kappa shape index (κ3) is 3.14. The highest BCUT2D eigenvalue weighted by molar-refractivity contribution is 6.29. The molecule has 0 atom stereocenters. The minimum Gasteiger partial charge on any atom is -0.396 e. The van der Waals surface area contributed by atoms with Crippen molar-refractivity contribution in [2.45, 2.75) is 6.42 Å². The minimum absolute atomic E-state index is 0.393. The summed E-state index contributed by atoms with van der Waals surface area (Å²) in [4.78, 5) is 3.97. The van der Waals surface area contributed by atoms with Gasteiger partial charge in [0.15, 0.2) is 0 Å². The molecule has 0 saturated heterocycles. The highest BCUT2D eigenvalue weighted by atomic mass is 35.5. The average Bonchev–Trinajstić information content (AvgIpc) is 2.11. The van der Waals surface area contributed by atoms with Crippen molar-refractivity contribution in [1.29, 1.82) is 0 Å². The van der Waals surface area contributed by atoms with Crippen LogP contribution in [0.3, 0.4) is 0 Å². The molecule has 4 heteroatoms. The number of anilines is 1. The van der Waals surface area contributed by atoms with E-state index < -0.39 is 0 Å². The fourth-order valence-corrected chi connectivity index (χ4v) is 0.982. The summed E-state index contributed by atoms with van der Waals surface area (Å²) in [6.45, 7) is 0. The number of hydrogen-bond acceptors (Lipinski definition) is 2. The molecule has 0 aliphatic carbocycles. The second-order valence-corrected chi connectivity index (χ2v) is 3.08. The second-order valence-electron chi connectivity index (χ2n) is 2.31. The fourth-order valence-electron chi connectivity index (χ4n) is 0.740. The van der Waals surface area contributed by atoms with Gasteiger partial charge in [-0.25, -0.2) is 4.98 Å². The first-order chi connectivity index (χ1) is 6.24. The summed E-state index contributed by atoms with van der Waals surface area (Å²) in [7, 11) is 0. The van der Waals surface area contributed by atoms with Gasteiger partial charge < -0.3 is 5.73 Å². The molecule has 68 valence electrons. The first-order valence-electron chi connectivity index (χ1n) is 3.71. The van der Waals surface area contributed by atoms with Gasteiger partial charge in [-0.05, 0) is 18.1 Å². The Kier molecular flexibility index (Phi) is 3.88. The lowest BCUT2D eigenvalue weighted by Gasteiger charge is -1.96. The zero-order valence-corrected chi connectivity index (χ0v) is 8.36. The SMILES string of the molecule is Nc1ccc(Cl)nc1C#CCCCl. The van der Waals surface area contributed by atoms with E-state index in [0.717, 1.165) is 0 Å². The lowest BCUT2D eigenvalue weighted by atomic mass is 10.3. The Morgan fingerprint density at radius 3 is 2.92 bits per heavy atom. The zero-order valence-electron chi connectivity index (χ0n) is 6.85. The van der Waals surface area contributed by atoms with E-state index in [4.69, 9.17) is 28.9 Å². The van der Waals surface area contributed by atoms with Gasteiger partial charge in [0.2, 0.25) is 0 Å². The van der Waals surface area contributed by atoms with Gasteiger partial charge in [-0.2, -0.15) is 0 Å². The maximum Gasteiger partial charge on any atom is 0.137 e. The maximum atomic E-state index is 5.67. The summed E-state index contributed by atoms with van der Waals surface area (Å²) in [5.74, 6) is 6.14. The standard InChI is InChI=1S/C9H8Cl2N2/c10-6-2-1-3-8-7(12)4-5-9(11)13-8/h4-5H,2,6,12H2. The maximum absolute atomic E-state index is 5.67. The van der Waals surface area contributed by atoms with E-state index in [1.165, 1.54) is 0 Å². The van der Waals surface area contributed by atoms with Gasteiger partial charge in [0.05, 0.1) is 5.69 Å². The topological polar surface area (TPSA) is 38.9 Å². The normalized spacial score (nSPS) is 9.08. The molecule has 0 fully saturated rings. The van der Waals surface area contributed by atoms with Crippen molar-refractivity contribution >= 4 is 28.9 Å². The summed E-state index contributed by atoms with van der Waals surface area (Å²) in [6.07, 6.45) is 0.620. The van der Waals surface area contributed by atoms with Crippen LogP contribution in [0, 0.1) is 11.8 Å². The van der Waals surface area contributed by atoms with Gasteiger partial charge in [0.25, 0.3) is 0 Å². The summed E-state index contributed by atoms with van der Waals surface area (Å²) in [5, 5.41) is 0.393. The molecule has 0 unspecified atom stereocenters. The molecule has 1 aromatic heterocycles. The largest absolute Gasteiger partial charge is 0.396 e. The number of pyridine rings is 1. The van der Waals surface area contributed by atoms with Gasteiger partial charge in [0, 0.05) is 12.3 Å². The highest BCUT2D eigenvalue weighted by Crippen LogP contribution is 2.11. The number of rotatable bonds is 1. The number of aromatic nitrogens is 1. The summed E-state index contributed by atoms with van der Waals surface area (Å²) in [5.41, 5.74) is 6.66. The van der Waals surface area contributed by atoms with Crippen molar-refractivity contribution in [1.82, 2.24) is 4.98 Å². The molecule has 0 spiro atoms. The predicted molar refractivity (Wildman–Crippen MR) is 55.9 cm³/mol. The first-order valence-corrected chi connectivity index (χ1v) is 4.62. The molecular weight excluding hydrogens is 207 g/mol. The van der Waals surface area contributed by atoms with E-state index in [1.54, 1.807) is 12.1 Å². The Labute approximate surface area is 87.1 Å². The first kappa shape index (κ1) is 10.2. The molecule has 0 amide bonds. The quantitative estimate of drug-likeness (QED) is 0.443. The van der Waals surface area contributed by atoms with Gasteiger partial charge in [-0.1, -0.05) is 17.5 Å². The number of halogens is 2. The average molecular weight is 215 g/mol. The van der Waals surface area contributed by atoms with Crippen LogP contribution < -0.4 is 5.73 Å². The molecule has 0 saturated carbocycles. The van der Waals surface area contributed by atoms with E-state index >= 15 is 0 Å². The van der Waals surface area contributed by atoms with Gasteiger partial charge in [-0.3, -0.25) is 0 Å². The van der Waals surface area contributed by atoms with Gasteiger partial charge in [0.1, 0.15) is 10.8 Å². The molecule has 0 aliphatic rings. The van der Waals surface area contributed by atoms with Crippen LogP contribution >= 0.6 is 23.2 Å². The van der Waals surface area contributed by atoms with E-state index in [-0.39, 0.29) is 0 Å². The second kappa shape index (κ2) is 4.96. The van der Waals surface area contributed by atoms with E-state index in [1.807, 2.05) is 0 Å². The summed E-state index contributed by atoms with van der Waals surface area (Å²) < 4.78 is 0. The number of nitrogen functional groups attached to an aromatic ring is 1. The van der Waals surface area contributed by atoms with Crippen molar-refractivity contribution in [2.75, 3.05) is 11.6 Å². The molecule has 2 nitrogen and oxygen atoms in total. The van der Waals surface area contributed by atoms with Crippen LogP contribution in [-0.4, -0.2) is 10.9 Å². The Morgan fingerprint density at radius 2 is 2.23 bits per heavy atom. The Bertz CT molecular complexity index is 352.